The molecule has 134 valence electrons. The largest absolute Gasteiger partial charge is 0.383 e. The molecule has 0 aliphatic heterocycles. The maximum Gasteiger partial charge on any atom is 0.163 e. The second-order valence-corrected chi connectivity index (χ2v) is 7.20. The number of nitriles is 1. The number of hydrogen-bond acceptors (Lipinski definition) is 6. The van der Waals surface area contributed by atoms with Crippen LogP contribution in [0.4, 0.5) is 5.69 Å². The van der Waals surface area contributed by atoms with Crippen LogP contribution in [-0.2, 0) is 4.74 Å². The van der Waals surface area contributed by atoms with Gasteiger partial charge in [0, 0.05) is 18.7 Å². The highest BCUT2D eigenvalue weighted by Gasteiger charge is 2.39. The van der Waals surface area contributed by atoms with Crippen LogP contribution in [0.1, 0.15) is 39.7 Å². The Morgan fingerprint density at radius 1 is 1.52 bits per heavy atom. The van der Waals surface area contributed by atoms with E-state index in [0.717, 1.165) is 17.7 Å². The van der Waals surface area contributed by atoms with Crippen LogP contribution in [0.5, 0.6) is 0 Å². The predicted molar refractivity (Wildman–Crippen MR) is 95.2 cm³/mol. The Bertz CT molecular complexity index is 808. The molecule has 0 saturated heterocycles. The van der Waals surface area contributed by atoms with Crippen LogP contribution in [0.25, 0.3) is 11.2 Å². The molecule has 1 aliphatic rings. The Morgan fingerprint density at radius 2 is 2.28 bits per heavy atom. The molecule has 1 saturated carbocycles. The molecule has 3 atom stereocenters. The summed E-state index contributed by atoms with van der Waals surface area (Å²) in [5, 5.41) is 23.0. The van der Waals surface area contributed by atoms with E-state index < -0.39 is 5.79 Å². The van der Waals surface area contributed by atoms with Gasteiger partial charge in [0.15, 0.2) is 11.4 Å². The van der Waals surface area contributed by atoms with Gasteiger partial charge in [-0.2, -0.15) is 5.26 Å². The molecule has 7 nitrogen and oxygen atoms in total. The van der Waals surface area contributed by atoms with E-state index in [4.69, 9.17) is 16.3 Å². The van der Waals surface area contributed by atoms with E-state index in [9.17, 15) is 10.4 Å². The van der Waals surface area contributed by atoms with Gasteiger partial charge in [0.2, 0.25) is 0 Å². The summed E-state index contributed by atoms with van der Waals surface area (Å²) in [4.78, 5) is 8.91. The SMILES string of the molecule is CCNc1cc(Cl)nc2c1ncn2C1CC(C#N)[C@@H](OC(C)(C)O)C1. The minimum Gasteiger partial charge on any atom is -0.383 e. The molecule has 0 bridgehead atoms. The first-order valence-electron chi connectivity index (χ1n) is 8.39. The van der Waals surface area contributed by atoms with Crippen molar-refractivity contribution in [1.29, 1.82) is 5.26 Å². The third kappa shape index (κ3) is 3.71. The number of aromatic nitrogens is 3. The van der Waals surface area contributed by atoms with E-state index in [1.165, 1.54) is 0 Å². The van der Waals surface area contributed by atoms with Crippen LogP contribution in [0.3, 0.4) is 0 Å². The number of nitrogens with one attached hydrogen (secondary N) is 1. The number of nitrogens with zero attached hydrogens (tertiary/aromatic N) is 4. The van der Waals surface area contributed by atoms with Gasteiger partial charge in [0.1, 0.15) is 10.7 Å². The predicted octanol–water partition coefficient (Wildman–Crippen LogP) is 3.10. The van der Waals surface area contributed by atoms with Crippen LogP contribution >= 0.6 is 11.6 Å². The number of pyridine rings is 1. The zero-order valence-electron chi connectivity index (χ0n) is 14.5. The monoisotopic (exact) mass is 363 g/mol. The topological polar surface area (TPSA) is 96.0 Å². The van der Waals surface area contributed by atoms with E-state index in [-0.39, 0.29) is 18.1 Å². The molecule has 0 amide bonds. The number of imidazole rings is 1. The van der Waals surface area contributed by atoms with Gasteiger partial charge >= 0.3 is 0 Å². The minimum atomic E-state index is -1.27. The van der Waals surface area contributed by atoms with Gasteiger partial charge in [-0.1, -0.05) is 11.6 Å². The van der Waals surface area contributed by atoms with E-state index in [2.05, 4.69) is 21.4 Å². The average molecular weight is 364 g/mol. The summed E-state index contributed by atoms with van der Waals surface area (Å²) in [5.41, 5.74) is 2.29. The minimum absolute atomic E-state index is 0.0162. The van der Waals surface area contributed by atoms with Crippen LogP contribution in [-0.4, -0.2) is 38.1 Å². The number of rotatable bonds is 5. The highest BCUT2D eigenvalue weighted by Crippen LogP contribution is 2.39. The van der Waals surface area contributed by atoms with Gasteiger partial charge in [-0.3, -0.25) is 0 Å². The van der Waals surface area contributed by atoms with Crippen LogP contribution < -0.4 is 5.32 Å². The molecule has 8 heteroatoms. The zero-order valence-corrected chi connectivity index (χ0v) is 15.3. The van der Waals surface area contributed by atoms with Gasteiger partial charge < -0.3 is 19.7 Å². The van der Waals surface area contributed by atoms with Crippen molar-refractivity contribution in [3.05, 3.63) is 17.5 Å². The molecule has 0 spiro atoms. The fourth-order valence-corrected chi connectivity index (χ4v) is 3.60. The van der Waals surface area contributed by atoms with Crippen molar-refractivity contribution in [2.75, 3.05) is 11.9 Å². The molecule has 25 heavy (non-hydrogen) atoms. The third-order valence-electron chi connectivity index (χ3n) is 4.34. The first-order chi connectivity index (χ1) is 11.8. The second-order valence-electron chi connectivity index (χ2n) is 6.81. The smallest absolute Gasteiger partial charge is 0.163 e. The van der Waals surface area contributed by atoms with Crippen LogP contribution in [0.15, 0.2) is 12.4 Å². The molecule has 2 aromatic rings. The lowest BCUT2D eigenvalue weighted by atomic mass is 10.1. The lowest BCUT2D eigenvalue weighted by Gasteiger charge is -2.25. The van der Waals surface area contributed by atoms with Gasteiger partial charge in [0.05, 0.1) is 30.1 Å². The quantitative estimate of drug-likeness (QED) is 0.626. The van der Waals surface area contributed by atoms with Crippen LogP contribution in [0.2, 0.25) is 5.15 Å². The Morgan fingerprint density at radius 3 is 2.92 bits per heavy atom. The Balaban J connectivity index is 1.93. The fourth-order valence-electron chi connectivity index (χ4n) is 3.41. The lowest BCUT2D eigenvalue weighted by molar-refractivity contribution is -0.209. The molecule has 3 rings (SSSR count). The first kappa shape index (κ1) is 17.9. The lowest BCUT2D eigenvalue weighted by Crippen LogP contribution is -2.31. The van der Waals surface area contributed by atoms with Crippen molar-refractivity contribution in [1.82, 2.24) is 14.5 Å². The first-order valence-corrected chi connectivity index (χ1v) is 8.77. The molecule has 1 fully saturated rings. The molecule has 0 aromatic carbocycles. The van der Waals surface area contributed by atoms with E-state index in [0.29, 0.717) is 23.6 Å². The number of anilines is 1. The van der Waals surface area contributed by atoms with E-state index in [1.54, 1.807) is 26.2 Å². The van der Waals surface area contributed by atoms with Crippen LogP contribution in [0, 0.1) is 17.2 Å². The standard InChI is InChI=1S/C17H22ClN5O2/c1-4-20-12-7-14(18)22-16-15(12)21-9-23(16)11-5-10(8-19)13(6-11)25-17(2,3)24/h7,9-11,13,24H,4-6H2,1-3H3,(H,20,22)/t10?,11?,13-/m0/s1. The van der Waals surface area contributed by atoms with Gasteiger partial charge in [-0.15, -0.1) is 0 Å². The maximum absolute atomic E-state index is 9.92. The van der Waals surface area contributed by atoms with E-state index in [1.807, 2.05) is 11.5 Å². The highest BCUT2D eigenvalue weighted by molar-refractivity contribution is 6.30. The Labute approximate surface area is 151 Å². The van der Waals surface area contributed by atoms with Crippen molar-refractivity contribution < 1.29 is 9.84 Å². The normalized spacial score (nSPS) is 23.8. The molecule has 1 aliphatic carbocycles. The summed E-state index contributed by atoms with van der Waals surface area (Å²) in [5.74, 6) is -1.56. The number of hydrogen-bond donors (Lipinski definition) is 2. The summed E-state index contributed by atoms with van der Waals surface area (Å²) in [7, 11) is 0. The number of ether oxygens (including phenoxy) is 1. The molecule has 2 heterocycles. The molecule has 2 unspecified atom stereocenters. The van der Waals surface area contributed by atoms with Crippen molar-refractivity contribution in [2.24, 2.45) is 5.92 Å². The molecule has 2 N–H and O–H groups in total. The summed E-state index contributed by atoms with van der Waals surface area (Å²) in [6.45, 7) is 5.91. The third-order valence-corrected chi connectivity index (χ3v) is 4.54. The summed E-state index contributed by atoms with van der Waals surface area (Å²) in [6.07, 6.45) is 2.63. The highest BCUT2D eigenvalue weighted by atomic mass is 35.5. The summed E-state index contributed by atoms with van der Waals surface area (Å²) < 4.78 is 7.63. The molecular weight excluding hydrogens is 342 g/mol. The number of aliphatic hydroxyl groups is 1. The van der Waals surface area contributed by atoms with Crippen molar-refractivity contribution in [3.8, 4) is 6.07 Å². The summed E-state index contributed by atoms with van der Waals surface area (Å²) >= 11 is 6.16. The summed E-state index contributed by atoms with van der Waals surface area (Å²) in [6, 6.07) is 4.07. The van der Waals surface area contributed by atoms with Gasteiger partial charge in [0.25, 0.3) is 0 Å². The fraction of sp³-hybridized carbons (Fsp3) is 0.588. The molecule has 2 aromatic heterocycles. The number of fused-ring (bicyclic) bond motifs is 1. The van der Waals surface area contributed by atoms with Crippen molar-refractivity contribution in [2.45, 2.75) is 51.5 Å². The van der Waals surface area contributed by atoms with Crippen molar-refractivity contribution in [3.63, 3.8) is 0 Å². The van der Waals surface area contributed by atoms with Gasteiger partial charge in [-0.05, 0) is 33.6 Å². The zero-order chi connectivity index (χ0) is 18.2. The molecule has 0 radical (unpaired) electrons. The van der Waals surface area contributed by atoms with Gasteiger partial charge in [-0.25, -0.2) is 9.97 Å². The maximum atomic E-state index is 9.92. The van der Waals surface area contributed by atoms with Crippen molar-refractivity contribution >= 4 is 28.5 Å². The Kier molecular flexibility index (Phi) is 4.87. The number of halogens is 1. The Hall–Kier alpha value is -1.88. The molecular formula is C17H22ClN5O2. The average Bonchev–Trinajstić information content (AvgIpc) is 3.09. The van der Waals surface area contributed by atoms with E-state index >= 15 is 0 Å². The second kappa shape index (κ2) is 6.79.